The van der Waals surface area contributed by atoms with E-state index in [9.17, 15) is 4.79 Å². The van der Waals surface area contributed by atoms with Gasteiger partial charge >= 0.3 is 0 Å². The number of azo groups is 1. The molecule has 1 aromatic carbocycles. The van der Waals surface area contributed by atoms with Crippen molar-refractivity contribution in [1.82, 2.24) is 9.38 Å². The van der Waals surface area contributed by atoms with Crippen LogP contribution in [0, 0.1) is 6.92 Å². The molecule has 0 saturated heterocycles. The third kappa shape index (κ3) is 3.35. The van der Waals surface area contributed by atoms with E-state index >= 15 is 0 Å². The van der Waals surface area contributed by atoms with E-state index in [1.54, 1.807) is 18.4 Å². The van der Waals surface area contributed by atoms with E-state index in [4.69, 9.17) is 4.42 Å². The van der Waals surface area contributed by atoms with E-state index in [1.807, 2.05) is 53.9 Å². The number of hydrogen-bond acceptors (Lipinski definition) is 5. The molecule has 3 heterocycles. The molecule has 1 N–H and O–H groups in total. The van der Waals surface area contributed by atoms with Gasteiger partial charge < -0.3 is 9.73 Å². The fourth-order valence-electron chi connectivity index (χ4n) is 2.82. The predicted octanol–water partition coefficient (Wildman–Crippen LogP) is 5.28. The highest BCUT2D eigenvalue weighted by Gasteiger charge is 2.17. The van der Waals surface area contributed by atoms with Gasteiger partial charge in [0.2, 0.25) is 5.91 Å². The maximum absolute atomic E-state index is 11.2. The van der Waals surface area contributed by atoms with Crippen LogP contribution >= 0.6 is 0 Å². The molecule has 0 saturated carbocycles. The second kappa shape index (κ2) is 6.87. The van der Waals surface area contributed by atoms with Crippen molar-refractivity contribution in [3.63, 3.8) is 0 Å². The number of carbonyl (C=O) groups is 1. The molecule has 7 heteroatoms. The van der Waals surface area contributed by atoms with Crippen LogP contribution in [0.3, 0.4) is 0 Å². The van der Waals surface area contributed by atoms with E-state index in [0.717, 1.165) is 11.2 Å². The maximum Gasteiger partial charge on any atom is 0.221 e. The number of anilines is 1. The highest BCUT2D eigenvalue weighted by atomic mass is 16.3. The fourth-order valence-corrected chi connectivity index (χ4v) is 2.82. The Balaban J connectivity index is 1.79. The highest BCUT2D eigenvalue weighted by molar-refractivity contribution is 5.89. The molecular weight excluding hydrogens is 342 g/mol. The standard InChI is InChI=1S/C20H17N5O2/c1-13-6-4-10-25-19(13)22-18(17-9-5-11-27-17)20(25)24-23-16-8-3-7-15(12-16)21-14(2)26/h3-12H,1-2H3,(H,21,26). The molecule has 0 spiro atoms. The van der Waals surface area contributed by atoms with Crippen molar-refractivity contribution < 1.29 is 9.21 Å². The second-order valence-corrected chi connectivity index (χ2v) is 6.08. The highest BCUT2D eigenvalue weighted by Crippen LogP contribution is 2.33. The summed E-state index contributed by atoms with van der Waals surface area (Å²) in [5.74, 6) is 1.06. The van der Waals surface area contributed by atoms with Crippen LogP contribution in [-0.2, 0) is 4.79 Å². The van der Waals surface area contributed by atoms with Gasteiger partial charge in [-0.05, 0) is 48.9 Å². The Hall–Kier alpha value is -3.74. The van der Waals surface area contributed by atoms with Crippen molar-refractivity contribution in [2.24, 2.45) is 10.2 Å². The molecule has 0 aliphatic heterocycles. The molecule has 1 amide bonds. The van der Waals surface area contributed by atoms with E-state index < -0.39 is 0 Å². The van der Waals surface area contributed by atoms with Gasteiger partial charge in [0.05, 0.1) is 12.0 Å². The zero-order chi connectivity index (χ0) is 18.8. The maximum atomic E-state index is 11.2. The van der Waals surface area contributed by atoms with E-state index in [-0.39, 0.29) is 5.91 Å². The van der Waals surface area contributed by atoms with Gasteiger partial charge in [-0.3, -0.25) is 9.20 Å². The van der Waals surface area contributed by atoms with Gasteiger partial charge in [-0.1, -0.05) is 12.1 Å². The number of rotatable bonds is 4. The molecule has 0 bridgehead atoms. The lowest BCUT2D eigenvalue weighted by Crippen LogP contribution is -2.04. The van der Waals surface area contributed by atoms with Gasteiger partial charge in [0.25, 0.3) is 0 Å². The van der Waals surface area contributed by atoms with E-state index in [1.165, 1.54) is 6.92 Å². The van der Waals surface area contributed by atoms with Gasteiger partial charge in [-0.15, -0.1) is 10.2 Å². The first-order chi connectivity index (χ1) is 13.1. The predicted molar refractivity (Wildman–Crippen MR) is 103 cm³/mol. The molecular formula is C20H17N5O2. The van der Waals surface area contributed by atoms with Crippen LogP contribution in [0.5, 0.6) is 0 Å². The van der Waals surface area contributed by atoms with Crippen molar-refractivity contribution in [1.29, 1.82) is 0 Å². The normalized spacial score (nSPS) is 11.3. The van der Waals surface area contributed by atoms with Crippen molar-refractivity contribution >= 4 is 28.7 Å². The number of hydrogen-bond donors (Lipinski definition) is 1. The SMILES string of the molecule is CC(=O)Nc1cccc(N=Nc2c(-c3ccco3)nc3c(C)cccn23)c1. The summed E-state index contributed by atoms with van der Waals surface area (Å²) < 4.78 is 7.40. The number of benzene rings is 1. The molecule has 0 aliphatic rings. The van der Waals surface area contributed by atoms with Crippen LogP contribution in [0.2, 0.25) is 0 Å². The van der Waals surface area contributed by atoms with Gasteiger partial charge in [0, 0.05) is 18.8 Å². The Bertz CT molecular complexity index is 1140. The quantitative estimate of drug-likeness (QED) is 0.503. The van der Waals surface area contributed by atoms with Gasteiger partial charge in [-0.25, -0.2) is 4.98 Å². The summed E-state index contributed by atoms with van der Waals surface area (Å²) >= 11 is 0. The third-order valence-corrected chi connectivity index (χ3v) is 4.00. The first kappa shape index (κ1) is 16.7. The number of imidazole rings is 1. The number of amides is 1. The zero-order valence-electron chi connectivity index (χ0n) is 14.9. The zero-order valence-corrected chi connectivity index (χ0v) is 14.9. The number of nitrogens with zero attached hydrogens (tertiary/aromatic N) is 4. The molecule has 7 nitrogen and oxygen atoms in total. The minimum absolute atomic E-state index is 0.138. The lowest BCUT2D eigenvalue weighted by atomic mass is 10.3. The van der Waals surface area contributed by atoms with Crippen molar-refractivity contribution in [3.8, 4) is 11.5 Å². The lowest BCUT2D eigenvalue weighted by Gasteiger charge is -2.02. The van der Waals surface area contributed by atoms with Gasteiger partial charge in [-0.2, -0.15) is 0 Å². The van der Waals surface area contributed by atoms with Crippen LogP contribution in [0.15, 0.2) is 75.6 Å². The minimum Gasteiger partial charge on any atom is -0.463 e. The third-order valence-electron chi connectivity index (χ3n) is 4.00. The number of fused-ring (bicyclic) bond motifs is 1. The van der Waals surface area contributed by atoms with E-state index in [0.29, 0.717) is 28.6 Å². The number of aryl methyl sites for hydroxylation is 1. The monoisotopic (exact) mass is 359 g/mol. The summed E-state index contributed by atoms with van der Waals surface area (Å²) in [5, 5.41) is 11.5. The molecule has 0 atom stereocenters. The number of aromatic nitrogens is 2. The van der Waals surface area contributed by atoms with Crippen LogP contribution in [0.1, 0.15) is 12.5 Å². The average molecular weight is 359 g/mol. The average Bonchev–Trinajstić information content (AvgIpc) is 3.28. The molecule has 0 fully saturated rings. The molecule has 27 heavy (non-hydrogen) atoms. The van der Waals surface area contributed by atoms with Crippen LogP contribution < -0.4 is 5.32 Å². The molecule has 3 aromatic heterocycles. The smallest absolute Gasteiger partial charge is 0.221 e. The van der Waals surface area contributed by atoms with Crippen molar-refractivity contribution in [2.75, 3.05) is 5.32 Å². The van der Waals surface area contributed by atoms with Gasteiger partial charge in [0.15, 0.2) is 17.3 Å². The number of carbonyl (C=O) groups excluding carboxylic acids is 1. The summed E-state index contributed by atoms with van der Waals surface area (Å²) in [4.78, 5) is 15.9. The minimum atomic E-state index is -0.138. The van der Waals surface area contributed by atoms with Crippen LogP contribution in [0.4, 0.5) is 17.2 Å². The fraction of sp³-hybridized carbons (Fsp3) is 0.100. The van der Waals surface area contributed by atoms with Crippen LogP contribution in [-0.4, -0.2) is 15.3 Å². The van der Waals surface area contributed by atoms with E-state index in [2.05, 4.69) is 20.5 Å². The Kier molecular flexibility index (Phi) is 4.25. The lowest BCUT2D eigenvalue weighted by molar-refractivity contribution is -0.114. The summed E-state index contributed by atoms with van der Waals surface area (Å²) in [6.07, 6.45) is 3.49. The summed E-state index contributed by atoms with van der Waals surface area (Å²) in [5.41, 5.74) is 3.73. The molecule has 4 aromatic rings. The number of nitrogens with one attached hydrogen (secondary N) is 1. The Morgan fingerprint density at radius 3 is 2.81 bits per heavy atom. The second-order valence-electron chi connectivity index (χ2n) is 6.08. The number of pyridine rings is 1. The Morgan fingerprint density at radius 1 is 1.15 bits per heavy atom. The topological polar surface area (TPSA) is 84.3 Å². The summed E-state index contributed by atoms with van der Waals surface area (Å²) in [6, 6.07) is 14.8. The number of furan rings is 1. The van der Waals surface area contributed by atoms with Gasteiger partial charge in [0.1, 0.15) is 5.65 Å². The molecule has 0 radical (unpaired) electrons. The largest absolute Gasteiger partial charge is 0.463 e. The van der Waals surface area contributed by atoms with Crippen molar-refractivity contribution in [2.45, 2.75) is 13.8 Å². The Morgan fingerprint density at radius 2 is 2.04 bits per heavy atom. The molecule has 134 valence electrons. The van der Waals surface area contributed by atoms with Crippen LogP contribution in [0.25, 0.3) is 17.1 Å². The molecule has 4 rings (SSSR count). The summed E-state index contributed by atoms with van der Waals surface area (Å²) in [7, 11) is 0. The first-order valence-corrected chi connectivity index (χ1v) is 8.43. The Labute approximate surface area is 155 Å². The molecule has 0 aliphatic carbocycles. The first-order valence-electron chi connectivity index (χ1n) is 8.43. The molecule has 0 unspecified atom stereocenters. The van der Waals surface area contributed by atoms with Crippen molar-refractivity contribution in [3.05, 3.63) is 66.6 Å². The summed E-state index contributed by atoms with van der Waals surface area (Å²) in [6.45, 7) is 3.46.